The molecule has 1 aliphatic rings. The van der Waals surface area contributed by atoms with E-state index < -0.39 is 0 Å². The third-order valence-corrected chi connectivity index (χ3v) is 4.53. The molecule has 2 rings (SSSR count). The Morgan fingerprint density at radius 2 is 2.00 bits per heavy atom. The van der Waals surface area contributed by atoms with E-state index in [4.69, 9.17) is 4.74 Å². The molecule has 0 radical (unpaired) electrons. The smallest absolute Gasteiger partial charge is 0.191 e. The molecule has 0 atom stereocenters. The quantitative estimate of drug-likeness (QED) is 0.411. The first-order valence-corrected chi connectivity index (χ1v) is 8.00. The number of guanidine groups is 1. The Balaban J connectivity index is 0.00000288. The molecule has 24 heavy (non-hydrogen) atoms. The van der Waals surface area contributed by atoms with Crippen LogP contribution in [0.1, 0.15) is 18.4 Å². The third-order valence-electron chi connectivity index (χ3n) is 4.53. The second kappa shape index (κ2) is 10.1. The second-order valence-corrected chi connectivity index (χ2v) is 6.14. The summed E-state index contributed by atoms with van der Waals surface area (Å²) in [4.78, 5) is 6.52. The van der Waals surface area contributed by atoms with Crippen LogP contribution >= 0.6 is 24.0 Å². The highest BCUT2D eigenvalue weighted by molar-refractivity contribution is 14.0. The summed E-state index contributed by atoms with van der Waals surface area (Å²) in [6.07, 6.45) is 1.99. The molecule has 0 aromatic heterocycles. The molecular formula is C17H28FIN4O. The van der Waals surface area contributed by atoms with Gasteiger partial charge in [-0.25, -0.2) is 4.39 Å². The van der Waals surface area contributed by atoms with Gasteiger partial charge in [0.25, 0.3) is 0 Å². The summed E-state index contributed by atoms with van der Waals surface area (Å²) < 4.78 is 18.7. The molecular weight excluding hydrogens is 422 g/mol. The minimum atomic E-state index is -0.221. The van der Waals surface area contributed by atoms with Crippen molar-refractivity contribution in [3.05, 3.63) is 35.6 Å². The molecule has 0 amide bonds. The van der Waals surface area contributed by atoms with E-state index in [0.29, 0.717) is 6.54 Å². The zero-order valence-electron chi connectivity index (χ0n) is 14.6. The van der Waals surface area contributed by atoms with Crippen LogP contribution in [0.2, 0.25) is 0 Å². The van der Waals surface area contributed by atoms with Gasteiger partial charge < -0.3 is 20.3 Å². The fourth-order valence-electron chi connectivity index (χ4n) is 2.84. The Morgan fingerprint density at radius 1 is 1.29 bits per heavy atom. The number of nitrogens with zero attached hydrogens (tertiary/aromatic N) is 2. The number of benzene rings is 1. The topological polar surface area (TPSA) is 48.9 Å². The number of hydrogen-bond donors (Lipinski definition) is 2. The first-order valence-electron chi connectivity index (χ1n) is 8.00. The van der Waals surface area contributed by atoms with Crippen LogP contribution in [0.4, 0.5) is 4.39 Å². The second-order valence-electron chi connectivity index (χ2n) is 6.14. The van der Waals surface area contributed by atoms with Crippen LogP contribution in [-0.4, -0.2) is 57.3 Å². The van der Waals surface area contributed by atoms with Crippen molar-refractivity contribution >= 4 is 29.9 Å². The molecule has 2 N–H and O–H groups in total. The van der Waals surface area contributed by atoms with E-state index in [-0.39, 0.29) is 35.3 Å². The highest BCUT2D eigenvalue weighted by Gasteiger charge is 2.34. The van der Waals surface area contributed by atoms with Gasteiger partial charge in [0, 0.05) is 38.9 Å². The van der Waals surface area contributed by atoms with Crippen LogP contribution in [-0.2, 0) is 11.3 Å². The monoisotopic (exact) mass is 450 g/mol. The van der Waals surface area contributed by atoms with Gasteiger partial charge in [-0.2, -0.15) is 0 Å². The Hall–Kier alpha value is -0.930. The fourth-order valence-corrected chi connectivity index (χ4v) is 2.84. The van der Waals surface area contributed by atoms with Crippen molar-refractivity contribution in [2.45, 2.75) is 24.9 Å². The number of hydrogen-bond acceptors (Lipinski definition) is 3. The van der Waals surface area contributed by atoms with E-state index in [0.717, 1.165) is 44.1 Å². The highest BCUT2D eigenvalue weighted by Crippen LogP contribution is 2.24. The van der Waals surface area contributed by atoms with Gasteiger partial charge in [0.05, 0.1) is 0 Å². The van der Waals surface area contributed by atoms with Crippen molar-refractivity contribution in [3.63, 3.8) is 0 Å². The minimum absolute atomic E-state index is 0. The Bertz CT molecular complexity index is 533. The highest BCUT2D eigenvalue weighted by atomic mass is 127. The third kappa shape index (κ3) is 5.86. The minimum Gasteiger partial charge on any atom is -0.381 e. The first-order chi connectivity index (χ1) is 11.1. The zero-order chi connectivity index (χ0) is 16.7. The average molecular weight is 450 g/mol. The van der Waals surface area contributed by atoms with Crippen molar-refractivity contribution < 1.29 is 9.13 Å². The normalized spacial score (nSPS) is 17.3. The number of halogens is 2. The molecule has 1 aromatic rings. The lowest BCUT2D eigenvalue weighted by Crippen LogP contribution is -2.57. The van der Waals surface area contributed by atoms with Crippen molar-refractivity contribution in [3.8, 4) is 0 Å². The molecule has 7 heteroatoms. The van der Waals surface area contributed by atoms with E-state index >= 15 is 0 Å². The van der Waals surface area contributed by atoms with Gasteiger partial charge in [0.1, 0.15) is 5.82 Å². The molecule has 1 saturated heterocycles. The van der Waals surface area contributed by atoms with Gasteiger partial charge in [-0.05, 0) is 44.6 Å². The summed E-state index contributed by atoms with van der Waals surface area (Å²) in [5, 5.41) is 6.63. The number of rotatable bonds is 5. The molecule has 1 aliphatic heterocycles. The van der Waals surface area contributed by atoms with Crippen molar-refractivity contribution in [2.24, 2.45) is 4.99 Å². The summed E-state index contributed by atoms with van der Waals surface area (Å²) >= 11 is 0. The molecule has 0 aliphatic carbocycles. The van der Waals surface area contributed by atoms with Crippen LogP contribution in [0, 0.1) is 5.82 Å². The lowest BCUT2D eigenvalue weighted by atomic mass is 9.88. The standard InChI is InChI=1S/C17H27FN4O.HI/c1-19-16(20-12-14-5-4-6-15(18)11-14)21-13-17(22(2)3)7-9-23-10-8-17;/h4-6,11H,7-10,12-13H2,1-3H3,(H2,19,20,21);1H. The Labute approximate surface area is 161 Å². The zero-order valence-corrected chi connectivity index (χ0v) is 17.0. The molecule has 1 heterocycles. The van der Waals surface area contributed by atoms with Crippen LogP contribution in [0.15, 0.2) is 29.3 Å². The SMILES string of the molecule is CN=C(NCc1cccc(F)c1)NCC1(N(C)C)CCOCC1.I. The Kier molecular flexibility index (Phi) is 8.93. The fraction of sp³-hybridized carbons (Fsp3) is 0.588. The van der Waals surface area contributed by atoms with E-state index in [1.54, 1.807) is 13.1 Å². The summed E-state index contributed by atoms with van der Waals surface area (Å²) in [5.41, 5.74) is 0.968. The lowest BCUT2D eigenvalue weighted by Gasteiger charge is -2.43. The van der Waals surface area contributed by atoms with Crippen LogP contribution in [0.3, 0.4) is 0 Å². The van der Waals surface area contributed by atoms with Gasteiger partial charge >= 0.3 is 0 Å². The maximum atomic E-state index is 13.2. The van der Waals surface area contributed by atoms with E-state index in [1.807, 2.05) is 6.07 Å². The Morgan fingerprint density at radius 3 is 2.58 bits per heavy atom. The van der Waals surface area contributed by atoms with Crippen LogP contribution in [0.25, 0.3) is 0 Å². The maximum absolute atomic E-state index is 13.2. The summed E-state index contributed by atoms with van der Waals surface area (Å²) in [6.45, 7) is 2.91. The summed E-state index contributed by atoms with van der Waals surface area (Å²) in [6, 6.07) is 6.58. The number of ether oxygens (including phenoxy) is 1. The molecule has 0 saturated carbocycles. The van der Waals surface area contributed by atoms with Gasteiger partial charge in [0.15, 0.2) is 5.96 Å². The largest absolute Gasteiger partial charge is 0.381 e. The molecule has 0 bridgehead atoms. The van der Waals surface area contributed by atoms with Gasteiger partial charge in [-0.15, -0.1) is 24.0 Å². The summed E-state index contributed by atoms with van der Waals surface area (Å²) in [7, 11) is 5.96. The number of aliphatic imine (C=N–C) groups is 1. The number of likely N-dealkylation sites (N-methyl/N-ethyl adjacent to an activating group) is 1. The first kappa shape index (κ1) is 21.1. The van der Waals surface area contributed by atoms with Gasteiger partial charge in [-0.3, -0.25) is 4.99 Å². The van der Waals surface area contributed by atoms with E-state index in [2.05, 4.69) is 34.6 Å². The van der Waals surface area contributed by atoms with Gasteiger partial charge in [-0.1, -0.05) is 12.1 Å². The van der Waals surface area contributed by atoms with Crippen molar-refractivity contribution in [1.82, 2.24) is 15.5 Å². The van der Waals surface area contributed by atoms with E-state index in [9.17, 15) is 4.39 Å². The van der Waals surface area contributed by atoms with Crippen molar-refractivity contribution in [1.29, 1.82) is 0 Å². The molecule has 136 valence electrons. The molecule has 5 nitrogen and oxygen atoms in total. The van der Waals surface area contributed by atoms with Gasteiger partial charge in [0.2, 0.25) is 0 Å². The molecule has 1 fully saturated rings. The molecule has 0 unspecified atom stereocenters. The molecule has 1 aromatic carbocycles. The molecule has 0 spiro atoms. The lowest BCUT2D eigenvalue weighted by molar-refractivity contribution is -0.00501. The predicted molar refractivity (Wildman–Crippen MR) is 106 cm³/mol. The summed E-state index contributed by atoms with van der Waals surface area (Å²) in [5.74, 6) is 0.503. The maximum Gasteiger partial charge on any atom is 0.191 e. The average Bonchev–Trinajstić information content (AvgIpc) is 2.56. The van der Waals surface area contributed by atoms with Crippen LogP contribution in [0.5, 0.6) is 0 Å². The predicted octanol–water partition coefficient (Wildman–Crippen LogP) is 2.22. The number of nitrogens with one attached hydrogen (secondary N) is 2. The van der Waals surface area contributed by atoms with E-state index in [1.165, 1.54) is 12.1 Å². The van der Waals surface area contributed by atoms with Crippen molar-refractivity contribution in [2.75, 3.05) is 40.9 Å². The van der Waals surface area contributed by atoms with Crippen LogP contribution < -0.4 is 10.6 Å².